The van der Waals surface area contributed by atoms with Crippen molar-refractivity contribution in [2.24, 2.45) is 0 Å². The van der Waals surface area contributed by atoms with Crippen LogP contribution in [0.1, 0.15) is 50.1 Å². The van der Waals surface area contributed by atoms with Crippen LogP contribution in [0.5, 0.6) is 0 Å². The summed E-state index contributed by atoms with van der Waals surface area (Å²) >= 11 is 1.71. The molecule has 0 bridgehead atoms. The van der Waals surface area contributed by atoms with Gasteiger partial charge in [-0.05, 0) is 30.7 Å². The molecule has 1 aromatic heterocycles. The number of hydrogen-bond donors (Lipinski definition) is 1. The maximum atomic E-state index is 12.7. The average molecular weight is 308 g/mol. The van der Waals surface area contributed by atoms with E-state index in [1.807, 2.05) is 4.90 Å². The van der Waals surface area contributed by atoms with E-state index in [4.69, 9.17) is 4.74 Å². The molecule has 0 saturated carbocycles. The Hall–Kier alpha value is -0.910. The SMILES string of the molecule is CCCCC1NC(c2cccs2)N(CC2CCCO2)C1=O. The fourth-order valence-electron chi connectivity index (χ4n) is 3.18. The molecule has 3 unspecified atom stereocenters. The average Bonchev–Trinajstić information content (AvgIpc) is 3.21. The summed E-state index contributed by atoms with van der Waals surface area (Å²) < 4.78 is 5.73. The Kier molecular flexibility index (Phi) is 4.93. The van der Waals surface area contributed by atoms with Gasteiger partial charge >= 0.3 is 0 Å². The van der Waals surface area contributed by atoms with E-state index in [1.54, 1.807) is 11.3 Å². The molecule has 21 heavy (non-hydrogen) atoms. The molecule has 3 atom stereocenters. The van der Waals surface area contributed by atoms with Gasteiger partial charge in [-0.1, -0.05) is 25.8 Å². The lowest BCUT2D eigenvalue weighted by Gasteiger charge is -2.25. The summed E-state index contributed by atoms with van der Waals surface area (Å²) in [5.74, 6) is 0.248. The first kappa shape index (κ1) is 15.0. The summed E-state index contributed by atoms with van der Waals surface area (Å²) in [6.45, 7) is 3.72. The van der Waals surface area contributed by atoms with Crippen LogP contribution in [0, 0.1) is 0 Å². The molecule has 3 heterocycles. The monoisotopic (exact) mass is 308 g/mol. The summed E-state index contributed by atoms with van der Waals surface area (Å²) in [7, 11) is 0. The first-order valence-electron chi connectivity index (χ1n) is 8.01. The quantitative estimate of drug-likeness (QED) is 0.878. The fourth-order valence-corrected chi connectivity index (χ4v) is 3.98. The predicted molar refractivity (Wildman–Crippen MR) is 84.2 cm³/mol. The lowest BCUT2D eigenvalue weighted by Crippen LogP contribution is -2.37. The second-order valence-corrected chi connectivity index (χ2v) is 6.88. The van der Waals surface area contributed by atoms with Crippen molar-refractivity contribution in [3.63, 3.8) is 0 Å². The highest BCUT2D eigenvalue weighted by atomic mass is 32.1. The van der Waals surface area contributed by atoms with E-state index in [-0.39, 0.29) is 24.2 Å². The molecule has 0 aliphatic carbocycles. The Bertz CT molecular complexity index is 457. The van der Waals surface area contributed by atoms with Gasteiger partial charge in [-0.25, -0.2) is 0 Å². The van der Waals surface area contributed by atoms with E-state index in [2.05, 4.69) is 29.8 Å². The largest absolute Gasteiger partial charge is 0.376 e. The molecule has 2 fully saturated rings. The minimum absolute atomic E-state index is 0.0292. The van der Waals surface area contributed by atoms with Crippen molar-refractivity contribution in [3.05, 3.63) is 22.4 Å². The summed E-state index contributed by atoms with van der Waals surface area (Å²) in [6, 6.07) is 4.13. The van der Waals surface area contributed by atoms with Gasteiger partial charge in [0.15, 0.2) is 0 Å². The highest BCUT2D eigenvalue weighted by Crippen LogP contribution is 2.31. The van der Waals surface area contributed by atoms with Gasteiger partial charge < -0.3 is 9.64 Å². The van der Waals surface area contributed by atoms with Crippen molar-refractivity contribution >= 4 is 17.2 Å². The van der Waals surface area contributed by atoms with Gasteiger partial charge in [0.1, 0.15) is 6.17 Å². The minimum Gasteiger partial charge on any atom is -0.376 e. The van der Waals surface area contributed by atoms with Gasteiger partial charge in [0.25, 0.3) is 0 Å². The smallest absolute Gasteiger partial charge is 0.241 e. The number of nitrogens with one attached hydrogen (secondary N) is 1. The lowest BCUT2D eigenvalue weighted by molar-refractivity contribution is -0.131. The third-order valence-corrected chi connectivity index (χ3v) is 5.26. The van der Waals surface area contributed by atoms with E-state index in [1.165, 1.54) is 4.88 Å². The molecule has 2 aliphatic rings. The van der Waals surface area contributed by atoms with Gasteiger partial charge in [-0.3, -0.25) is 10.1 Å². The first-order valence-corrected chi connectivity index (χ1v) is 8.89. The molecule has 1 N–H and O–H groups in total. The second kappa shape index (κ2) is 6.90. The molecular formula is C16H24N2O2S. The van der Waals surface area contributed by atoms with Gasteiger partial charge in [-0.15, -0.1) is 11.3 Å². The molecule has 0 spiro atoms. The highest BCUT2D eigenvalue weighted by molar-refractivity contribution is 7.10. The van der Waals surface area contributed by atoms with Crippen LogP contribution in [0.4, 0.5) is 0 Å². The van der Waals surface area contributed by atoms with Crippen LogP contribution in [0.3, 0.4) is 0 Å². The Morgan fingerprint density at radius 1 is 1.52 bits per heavy atom. The molecule has 4 nitrogen and oxygen atoms in total. The second-order valence-electron chi connectivity index (χ2n) is 5.91. The maximum Gasteiger partial charge on any atom is 0.241 e. The number of hydrogen-bond acceptors (Lipinski definition) is 4. The van der Waals surface area contributed by atoms with Crippen molar-refractivity contribution in [3.8, 4) is 0 Å². The van der Waals surface area contributed by atoms with E-state index >= 15 is 0 Å². The molecule has 1 aromatic rings. The highest BCUT2D eigenvalue weighted by Gasteiger charge is 2.40. The van der Waals surface area contributed by atoms with E-state index < -0.39 is 0 Å². The Morgan fingerprint density at radius 3 is 3.10 bits per heavy atom. The van der Waals surface area contributed by atoms with Gasteiger partial charge in [0.05, 0.1) is 12.1 Å². The first-order chi connectivity index (χ1) is 10.3. The molecule has 116 valence electrons. The molecule has 0 radical (unpaired) electrons. The van der Waals surface area contributed by atoms with Crippen LogP contribution in [-0.2, 0) is 9.53 Å². The van der Waals surface area contributed by atoms with Crippen molar-refractivity contribution < 1.29 is 9.53 Å². The summed E-state index contributed by atoms with van der Waals surface area (Å²) in [5.41, 5.74) is 0. The molecule has 1 amide bonds. The fraction of sp³-hybridized carbons (Fsp3) is 0.688. The maximum absolute atomic E-state index is 12.7. The van der Waals surface area contributed by atoms with Crippen LogP contribution in [0.25, 0.3) is 0 Å². The number of carbonyl (C=O) groups is 1. The summed E-state index contributed by atoms with van der Waals surface area (Å²) in [4.78, 5) is 15.9. The van der Waals surface area contributed by atoms with Crippen LogP contribution < -0.4 is 5.32 Å². The van der Waals surface area contributed by atoms with Crippen molar-refractivity contribution in [2.75, 3.05) is 13.2 Å². The van der Waals surface area contributed by atoms with Crippen LogP contribution in [0.15, 0.2) is 17.5 Å². The third kappa shape index (κ3) is 3.30. The normalized spacial score (nSPS) is 29.5. The molecule has 5 heteroatoms. The lowest BCUT2D eigenvalue weighted by atomic mass is 10.1. The minimum atomic E-state index is -0.0292. The number of nitrogens with zero attached hydrogens (tertiary/aromatic N) is 1. The Balaban J connectivity index is 1.73. The topological polar surface area (TPSA) is 41.6 Å². The number of carbonyl (C=O) groups excluding carboxylic acids is 1. The standard InChI is InChI=1S/C16H24N2O2S/c1-2-3-7-13-16(19)18(11-12-6-4-9-20-12)15(17-13)14-8-5-10-21-14/h5,8,10,12-13,15,17H,2-4,6-7,9,11H2,1H3. The van der Waals surface area contributed by atoms with Crippen molar-refractivity contribution in [2.45, 2.75) is 57.3 Å². The molecular weight excluding hydrogens is 284 g/mol. The van der Waals surface area contributed by atoms with Crippen LogP contribution in [0.2, 0.25) is 0 Å². The summed E-state index contributed by atoms with van der Waals surface area (Å²) in [6.07, 6.45) is 5.57. The van der Waals surface area contributed by atoms with Crippen molar-refractivity contribution in [1.82, 2.24) is 10.2 Å². The van der Waals surface area contributed by atoms with E-state index in [0.29, 0.717) is 0 Å². The number of unbranched alkanes of at least 4 members (excludes halogenated alkanes) is 1. The molecule has 2 aliphatic heterocycles. The molecule has 2 saturated heterocycles. The molecule has 3 rings (SSSR count). The number of amides is 1. The predicted octanol–water partition coefficient (Wildman–Crippen LogP) is 2.92. The number of thiophene rings is 1. The Morgan fingerprint density at radius 2 is 2.43 bits per heavy atom. The van der Waals surface area contributed by atoms with Gasteiger partial charge in [0, 0.05) is 18.0 Å². The van der Waals surface area contributed by atoms with E-state index in [0.717, 1.165) is 45.3 Å². The van der Waals surface area contributed by atoms with Crippen molar-refractivity contribution in [1.29, 1.82) is 0 Å². The van der Waals surface area contributed by atoms with Gasteiger partial charge in [0.2, 0.25) is 5.91 Å². The summed E-state index contributed by atoms with van der Waals surface area (Å²) in [5, 5.41) is 5.61. The number of ether oxygens (including phenoxy) is 1. The number of rotatable bonds is 6. The zero-order valence-corrected chi connectivity index (χ0v) is 13.4. The Labute approximate surface area is 130 Å². The third-order valence-electron chi connectivity index (χ3n) is 4.34. The van der Waals surface area contributed by atoms with Crippen LogP contribution >= 0.6 is 11.3 Å². The zero-order chi connectivity index (χ0) is 14.7. The van der Waals surface area contributed by atoms with Crippen LogP contribution in [-0.4, -0.2) is 36.1 Å². The van der Waals surface area contributed by atoms with E-state index in [9.17, 15) is 4.79 Å². The molecule has 0 aromatic carbocycles. The zero-order valence-electron chi connectivity index (χ0n) is 12.6. The van der Waals surface area contributed by atoms with Gasteiger partial charge in [-0.2, -0.15) is 0 Å².